The van der Waals surface area contributed by atoms with Gasteiger partial charge in [-0.05, 0) is 27.2 Å². The van der Waals surface area contributed by atoms with Crippen molar-refractivity contribution in [3.8, 4) is 0 Å². The second-order valence-corrected chi connectivity index (χ2v) is 6.71. The summed E-state index contributed by atoms with van der Waals surface area (Å²) in [4.78, 5) is 17.2. The van der Waals surface area contributed by atoms with Crippen LogP contribution in [0.1, 0.15) is 40.5 Å². The Morgan fingerprint density at radius 2 is 1.90 bits per heavy atom. The molecule has 3 N–H and O–H groups in total. The van der Waals surface area contributed by atoms with E-state index in [0.717, 1.165) is 45.6 Å². The Morgan fingerprint density at radius 1 is 1.33 bits per heavy atom. The predicted octanol–water partition coefficient (Wildman–Crippen LogP) is 0.974. The van der Waals surface area contributed by atoms with Crippen LogP contribution < -0.4 is 11.1 Å². The maximum Gasteiger partial charge on any atom is 0.237 e. The average molecular weight is 314 g/mol. The monoisotopic (exact) mass is 314 g/mol. The summed E-state index contributed by atoms with van der Waals surface area (Å²) in [6.07, 6.45) is 2.13. The number of unbranched alkanes of at least 4 members (excludes halogenated alkanes) is 1. The first-order valence-electron chi connectivity index (χ1n) is 7.87. The quantitative estimate of drug-likeness (QED) is 0.542. The highest BCUT2D eigenvalue weighted by Gasteiger charge is 2.34. The normalized spacial score (nSPS) is 19.2. The van der Waals surface area contributed by atoms with Gasteiger partial charge in [0.15, 0.2) is 0 Å². The SMILES string of the molecule is CCCCNC(=O)C(C)N1CCN(C(C)(C)C(N)=S)CC1. The van der Waals surface area contributed by atoms with Crippen LogP contribution in [0.2, 0.25) is 0 Å². The second kappa shape index (κ2) is 8.06. The number of nitrogens with one attached hydrogen (secondary N) is 1. The molecule has 1 atom stereocenters. The lowest BCUT2D eigenvalue weighted by Gasteiger charge is -2.44. The number of nitrogens with two attached hydrogens (primary N) is 1. The van der Waals surface area contributed by atoms with Crippen LogP contribution in [-0.4, -0.2) is 65.0 Å². The fourth-order valence-corrected chi connectivity index (χ4v) is 2.66. The third-order valence-corrected chi connectivity index (χ3v) is 4.96. The Labute approximate surface area is 134 Å². The van der Waals surface area contributed by atoms with Gasteiger partial charge in [-0.1, -0.05) is 25.6 Å². The summed E-state index contributed by atoms with van der Waals surface area (Å²) in [7, 11) is 0. The van der Waals surface area contributed by atoms with Crippen molar-refractivity contribution in [3.05, 3.63) is 0 Å². The Hall–Kier alpha value is -0.720. The molecule has 1 unspecified atom stereocenters. The highest BCUT2D eigenvalue weighted by Crippen LogP contribution is 2.18. The zero-order chi connectivity index (χ0) is 16.0. The van der Waals surface area contributed by atoms with E-state index in [1.165, 1.54) is 0 Å². The molecule has 1 aliphatic rings. The fourth-order valence-electron chi connectivity index (χ4n) is 2.53. The van der Waals surface area contributed by atoms with Gasteiger partial charge >= 0.3 is 0 Å². The van der Waals surface area contributed by atoms with Crippen LogP contribution >= 0.6 is 12.2 Å². The highest BCUT2D eigenvalue weighted by molar-refractivity contribution is 7.80. The molecule has 0 aromatic carbocycles. The number of thiocarbonyl (C=S) groups is 1. The van der Waals surface area contributed by atoms with Gasteiger partial charge in [-0.25, -0.2) is 0 Å². The molecule has 21 heavy (non-hydrogen) atoms. The van der Waals surface area contributed by atoms with Crippen molar-refractivity contribution < 1.29 is 4.79 Å². The maximum absolute atomic E-state index is 12.1. The molecule has 122 valence electrons. The molecule has 0 aromatic heterocycles. The Kier molecular flexibility index (Phi) is 7.03. The topological polar surface area (TPSA) is 61.6 Å². The second-order valence-electron chi connectivity index (χ2n) is 6.27. The molecule has 0 aromatic rings. The van der Waals surface area contributed by atoms with E-state index >= 15 is 0 Å². The number of carbonyl (C=O) groups is 1. The zero-order valence-electron chi connectivity index (χ0n) is 13.8. The number of carbonyl (C=O) groups excluding carboxylic acids is 1. The van der Waals surface area contributed by atoms with Crippen molar-refractivity contribution in [3.63, 3.8) is 0 Å². The predicted molar refractivity (Wildman–Crippen MR) is 91.4 cm³/mol. The minimum absolute atomic E-state index is 0.0723. The van der Waals surface area contributed by atoms with Gasteiger partial charge in [0, 0.05) is 32.7 Å². The number of rotatable bonds is 7. The lowest BCUT2D eigenvalue weighted by atomic mass is 10.0. The molecule has 1 saturated heterocycles. The molecule has 0 bridgehead atoms. The van der Waals surface area contributed by atoms with Crippen molar-refractivity contribution in [2.45, 2.75) is 52.1 Å². The molecule has 1 amide bonds. The molecular formula is C15H30N4OS. The molecule has 0 radical (unpaired) electrons. The summed E-state index contributed by atoms with van der Waals surface area (Å²) in [6, 6.07) is -0.0723. The van der Waals surface area contributed by atoms with Crippen molar-refractivity contribution >= 4 is 23.1 Å². The number of amides is 1. The van der Waals surface area contributed by atoms with Crippen LogP contribution in [0.4, 0.5) is 0 Å². The molecule has 1 heterocycles. The number of nitrogens with zero attached hydrogens (tertiary/aromatic N) is 2. The van der Waals surface area contributed by atoms with Gasteiger partial charge in [-0.15, -0.1) is 0 Å². The van der Waals surface area contributed by atoms with Crippen molar-refractivity contribution in [1.29, 1.82) is 0 Å². The number of hydrogen-bond donors (Lipinski definition) is 2. The van der Waals surface area contributed by atoms with E-state index in [4.69, 9.17) is 18.0 Å². The van der Waals surface area contributed by atoms with Crippen LogP contribution in [0.3, 0.4) is 0 Å². The summed E-state index contributed by atoms with van der Waals surface area (Å²) < 4.78 is 0. The Balaban J connectivity index is 2.45. The fraction of sp³-hybridized carbons (Fsp3) is 0.867. The van der Waals surface area contributed by atoms with Crippen LogP contribution in [0, 0.1) is 0 Å². The minimum atomic E-state index is -0.256. The first kappa shape index (κ1) is 18.3. The molecule has 0 spiro atoms. The molecule has 5 nitrogen and oxygen atoms in total. The molecule has 1 rings (SSSR count). The zero-order valence-corrected chi connectivity index (χ0v) is 14.6. The number of hydrogen-bond acceptors (Lipinski definition) is 4. The van der Waals surface area contributed by atoms with Gasteiger partial charge in [0.2, 0.25) is 5.91 Å². The molecule has 1 fully saturated rings. The molecular weight excluding hydrogens is 284 g/mol. The van der Waals surface area contributed by atoms with Gasteiger partial charge in [-0.2, -0.15) is 0 Å². The van der Waals surface area contributed by atoms with Crippen molar-refractivity contribution in [1.82, 2.24) is 15.1 Å². The van der Waals surface area contributed by atoms with Crippen LogP contribution in [-0.2, 0) is 4.79 Å². The van der Waals surface area contributed by atoms with E-state index in [2.05, 4.69) is 35.9 Å². The summed E-state index contributed by atoms with van der Waals surface area (Å²) >= 11 is 5.15. The van der Waals surface area contributed by atoms with E-state index in [0.29, 0.717) is 4.99 Å². The van der Waals surface area contributed by atoms with E-state index in [9.17, 15) is 4.79 Å². The average Bonchev–Trinajstić information content (AvgIpc) is 2.46. The summed E-state index contributed by atoms with van der Waals surface area (Å²) in [5, 5.41) is 3.01. The highest BCUT2D eigenvalue weighted by atomic mass is 32.1. The maximum atomic E-state index is 12.1. The lowest BCUT2D eigenvalue weighted by Crippen LogP contribution is -2.61. The van der Waals surface area contributed by atoms with Crippen molar-refractivity contribution in [2.24, 2.45) is 5.73 Å². The van der Waals surface area contributed by atoms with E-state index in [1.54, 1.807) is 0 Å². The summed E-state index contributed by atoms with van der Waals surface area (Å²) in [6.45, 7) is 12.5. The largest absolute Gasteiger partial charge is 0.392 e. The third-order valence-electron chi connectivity index (χ3n) is 4.46. The first-order chi connectivity index (χ1) is 9.80. The van der Waals surface area contributed by atoms with Crippen molar-refractivity contribution in [2.75, 3.05) is 32.7 Å². The Bertz CT molecular complexity index is 365. The van der Waals surface area contributed by atoms with E-state index in [1.807, 2.05) is 6.92 Å². The van der Waals surface area contributed by atoms with Gasteiger partial charge in [0.1, 0.15) is 0 Å². The van der Waals surface area contributed by atoms with Crippen LogP contribution in [0.25, 0.3) is 0 Å². The molecule has 6 heteroatoms. The van der Waals surface area contributed by atoms with E-state index in [-0.39, 0.29) is 17.5 Å². The van der Waals surface area contributed by atoms with Crippen LogP contribution in [0.15, 0.2) is 0 Å². The lowest BCUT2D eigenvalue weighted by molar-refractivity contribution is -0.126. The van der Waals surface area contributed by atoms with Gasteiger partial charge in [0.05, 0.1) is 16.6 Å². The molecule has 1 aliphatic heterocycles. The molecule has 0 saturated carbocycles. The van der Waals surface area contributed by atoms with Gasteiger partial charge < -0.3 is 11.1 Å². The summed E-state index contributed by atoms with van der Waals surface area (Å²) in [5.41, 5.74) is 5.57. The third kappa shape index (κ3) is 4.90. The number of piperazine rings is 1. The first-order valence-corrected chi connectivity index (χ1v) is 8.28. The minimum Gasteiger partial charge on any atom is -0.392 e. The summed E-state index contributed by atoms with van der Waals surface area (Å²) in [5.74, 6) is 0.130. The smallest absolute Gasteiger partial charge is 0.237 e. The van der Waals surface area contributed by atoms with Gasteiger partial charge in [0.25, 0.3) is 0 Å². The van der Waals surface area contributed by atoms with E-state index < -0.39 is 0 Å². The van der Waals surface area contributed by atoms with Crippen LogP contribution in [0.5, 0.6) is 0 Å². The standard InChI is InChI=1S/C15H30N4OS/c1-5-6-7-17-13(20)12(2)18-8-10-19(11-9-18)15(3,4)14(16)21/h12H,5-11H2,1-4H3,(H2,16,21)(H,17,20). The Morgan fingerprint density at radius 3 is 2.38 bits per heavy atom. The molecule has 0 aliphatic carbocycles. The van der Waals surface area contributed by atoms with Gasteiger partial charge in [-0.3, -0.25) is 14.6 Å².